The summed E-state index contributed by atoms with van der Waals surface area (Å²) in [6.45, 7) is 4.47. The van der Waals surface area contributed by atoms with Crippen molar-refractivity contribution in [2.45, 2.75) is 264 Å². The Labute approximate surface area is 439 Å². The minimum atomic E-state index is -4.76. The summed E-state index contributed by atoms with van der Waals surface area (Å²) in [5, 5.41) is 9.80. The van der Waals surface area contributed by atoms with Crippen LogP contribution < -0.4 is 0 Å². The third-order valence-electron chi connectivity index (χ3n) is 12.1. The van der Waals surface area contributed by atoms with E-state index in [2.05, 4.69) is 93.7 Å². The smallest absolute Gasteiger partial charge is 0.462 e. The van der Waals surface area contributed by atoms with Crippen molar-refractivity contribution in [3.63, 3.8) is 0 Å². The van der Waals surface area contributed by atoms with Gasteiger partial charge in [-0.15, -0.1) is 0 Å². The van der Waals surface area contributed by atoms with E-state index in [1.165, 1.54) is 64.2 Å². The van der Waals surface area contributed by atoms with Gasteiger partial charge in [-0.2, -0.15) is 0 Å². The molecule has 0 amide bonds. The molecular weight excluding hydrogens is 928 g/mol. The average Bonchev–Trinajstić information content (AvgIpc) is 3.37. The third-order valence-corrected chi connectivity index (χ3v) is 13.0. The van der Waals surface area contributed by atoms with Crippen LogP contribution in [-0.2, 0) is 42.2 Å². The Kier molecular flexibility index (Phi) is 51.9. The SMILES string of the molecule is CC/C=C\C/C=C\C/C=C\C/C=C\CCCCCCC(=O)OCC(COP(=O)(O)OCC(CO)OC(=O)CCCCCCC/C=C\CCCCCC)OC(=O)CCCCCCC/C=C\CCCCCCCC. The van der Waals surface area contributed by atoms with Crippen molar-refractivity contribution in [2.75, 3.05) is 26.4 Å². The second-order valence-corrected chi connectivity index (χ2v) is 20.5. The number of hydrogen-bond acceptors (Lipinski definition) is 10. The number of phosphoric acid groups is 1. The standard InChI is InChI=1S/C60H105O11P/c1-4-7-10-13-16-19-22-25-27-28-30-32-34-37-40-43-46-49-58(62)67-53-57(71-60(64)51-48-45-42-39-36-33-29-26-23-20-17-14-11-8-5-2)55-69-72(65,66)68-54-56(52-61)70-59(63)50-47-44-41-38-35-31-24-21-18-15-12-9-6-3/h7,10,16,19,21,24-27,29-30,32,56-57,61H,4-6,8-9,11-15,17-18,20,22-23,28,31,33-55H2,1-3H3,(H,65,66)/b10-7-,19-16-,24-21-,27-25-,29-26-,32-30-. The van der Waals surface area contributed by atoms with E-state index < -0.39 is 57.8 Å². The van der Waals surface area contributed by atoms with Crippen LogP contribution in [0.15, 0.2) is 72.9 Å². The predicted molar refractivity (Wildman–Crippen MR) is 298 cm³/mol. The van der Waals surface area contributed by atoms with E-state index >= 15 is 0 Å². The van der Waals surface area contributed by atoms with Crippen LogP contribution in [0.25, 0.3) is 0 Å². The van der Waals surface area contributed by atoms with Gasteiger partial charge in [-0.25, -0.2) is 4.57 Å². The second kappa shape index (κ2) is 54.2. The Bertz CT molecular complexity index is 1490. The molecule has 72 heavy (non-hydrogen) atoms. The first-order valence-corrected chi connectivity index (χ1v) is 30.3. The van der Waals surface area contributed by atoms with Crippen molar-refractivity contribution in [1.82, 2.24) is 0 Å². The molecule has 0 aromatic rings. The largest absolute Gasteiger partial charge is 0.472 e. The van der Waals surface area contributed by atoms with Crippen molar-refractivity contribution < 1.29 is 52.2 Å². The van der Waals surface area contributed by atoms with Crippen LogP contribution in [0.2, 0.25) is 0 Å². The van der Waals surface area contributed by atoms with Crippen molar-refractivity contribution >= 4 is 25.7 Å². The van der Waals surface area contributed by atoms with Crippen LogP contribution in [0.4, 0.5) is 0 Å². The molecule has 0 heterocycles. The first-order chi connectivity index (χ1) is 35.2. The number of aliphatic hydroxyl groups is 1. The van der Waals surface area contributed by atoms with Crippen LogP contribution in [0.5, 0.6) is 0 Å². The molecule has 3 unspecified atom stereocenters. The van der Waals surface area contributed by atoms with Gasteiger partial charge in [0.2, 0.25) is 0 Å². The number of rotatable bonds is 53. The summed E-state index contributed by atoms with van der Waals surface area (Å²) < 4.78 is 39.5. The average molecular weight is 1030 g/mol. The van der Waals surface area contributed by atoms with Gasteiger partial charge in [-0.05, 0) is 109 Å². The van der Waals surface area contributed by atoms with Crippen LogP contribution >= 0.6 is 7.82 Å². The van der Waals surface area contributed by atoms with E-state index in [4.69, 9.17) is 23.3 Å². The highest BCUT2D eigenvalue weighted by Crippen LogP contribution is 2.43. The minimum absolute atomic E-state index is 0.150. The minimum Gasteiger partial charge on any atom is -0.462 e. The highest BCUT2D eigenvalue weighted by atomic mass is 31.2. The summed E-state index contributed by atoms with van der Waals surface area (Å²) in [5.74, 6) is -1.51. The molecule has 0 rings (SSSR count). The molecule has 3 atom stereocenters. The molecule has 0 fully saturated rings. The molecule has 0 radical (unpaired) electrons. The van der Waals surface area contributed by atoms with E-state index in [1.54, 1.807) is 0 Å². The highest BCUT2D eigenvalue weighted by molar-refractivity contribution is 7.47. The lowest BCUT2D eigenvalue weighted by atomic mass is 10.1. The molecule has 12 heteroatoms. The molecule has 0 aromatic heterocycles. The Balaban J connectivity index is 4.78. The molecule has 0 saturated carbocycles. The zero-order valence-electron chi connectivity index (χ0n) is 45.9. The summed E-state index contributed by atoms with van der Waals surface area (Å²) in [5.41, 5.74) is 0. The maximum atomic E-state index is 12.9. The van der Waals surface area contributed by atoms with E-state index in [1.807, 2.05) is 0 Å². The number of phosphoric ester groups is 1. The Morgan fingerprint density at radius 1 is 0.403 bits per heavy atom. The molecule has 2 N–H and O–H groups in total. The fraction of sp³-hybridized carbons (Fsp3) is 0.750. The molecule has 416 valence electrons. The van der Waals surface area contributed by atoms with Crippen molar-refractivity contribution in [1.29, 1.82) is 0 Å². The Hall–Kier alpha value is -3.08. The monoisotopic (exact) mass is 1030 g/mol. The number of carbonyl (C=O) groups excluding carboxylic acids is 3. The van der Waals surface area contributed by atoms with Gasteiger partial charge in [-0.1, -0.05) is 196 Å². The van der Waals surface area contributed by atoms with Crippen LogP contribution in [0, 0.1) is 0 Å². The molecule has 0 aliphatic carbocycles. The highest BCUT2D eigenvalue weighted by Gasteiger charge is 2.28. The lowest BCUT2D eigenvalue weighted by Gasteiger charge is -2.21. The molecule has 0 aromatic carbocycles. The molecule has 0 saturated heterocycles. The number of aliphatic hydroxyl groups excluding tert-OH is 1. The van der Waals surface area contributed by atoms with Crippen molar-refractivity contribution in [2.24, 2.45) is 0 Å². The van der Waals surface area contributed by atoms with Crippen molar-refractivity contribution in [3.8, 4) is 0 Å². The van der Waals surface area contributed by atoms with Crippen LogP contribution in [-0.4, -0.2) is 66.5 Å². The van der Waals surface area contributed by atoms with Gasteiger partial charge in [0.1, 0.15) is 12.7 Å². The molecule has 0 aliphatic heterocycles. The first kappa shape index (κ1) is 68.9. The summed E-state index contributed by atoms with van der Waals surface area (Å²) in [7, 11) is -4.76. The van der Waals surface area contributed by atoms with E-state index in [0.717, 1.165) is 128 Å². The third kappa shape index (κ3) is 51.8. The van der Waals surface area contributed by atoms with Gasteiger partial charge in [0.25, 0.3) is 0 Å². The fourth-order valence-electron chi connectivity index (χ4n) is 7.69. The van der Waals surface area contributed by atoms with Gasteiger partial charge in [0.15, 0.2) is 6.10 Å². The van der Waals surface area contributed by atoms with Crippen LogP contribution in [0.3, 0.4) is 0 Å². The number of carbonyl (C=O) groups is 3. The second-order valence-electron chi connectivity index (χ2n) is 19.1. The van der Waals surface area contributed by atoms with Gasteiger partial charge in [0, 0.05) is 19.3 Å². The maximum Gasteiger partial charge on any atom is 0.472 e. The zero-order chi connectivity index (χ0) is 52.7. The van der Waals surface area contributed by atoms with E-state index in [-0.39, 0.29) is 25.9 Å². The van der Waals surface area contributed by atoms with Gasteiger partial charge >= 0.3 is 25.7 Å². The normalized spacial score (nSPS) is 13.9. The summed E-state index contributed by atoms with van der Waals surface area (Å²) in [4.78, 5) is 48.5. The Morgan fingerprint density at radius 2 is 0.722 bits per heavy atom. The van der Waals surface area contributed by atoms with Gasteiger partial charge in [0.05, 0.1) is 19.8 Å². The molecule has 11 nitrogen and oxygen atoms in total. The van der Waals surface area contributed by atoms with Gasteiger partial charge in [-0.3, -0.25) is 23.4 Å². The van der Waals surface area contributed by atoms with Crippen LogP contribution in [0.1, 0.15) is 252 Å². The number of ether oxygens (including phenoxy) is 3. The fourth-order valence-corrected chi connectivity index (χ4v) is 8.47. The number of esters is 3. The maximum absolute atomic E-state index is 12.9. The van der Waals surface area contributed by atoms with E-state index in [0.29, 0.717) is 19.3 Å². The van der Waals surface area contributed by atoms with Gasteiger partial charge < -0.3 is 24.2 Å². The number of allylic oxidation sites excluding steroid dienone is 12. The zero-order valence-corrected chi connectivity index (χ0v) is 46.8. The lowest BCUT2D eigenvalue weighted by molar-refractivity contribution is -0.161. The van der Waals surface area contributed by atoms with Crippen molar-refractivity contribution in [3.05, 3.63) is 72.9 Å². The summed E-state index contributed by atoms with van der Waals surface area (Å²) >= 11 is 0. The molecular formula is C60H105O11P. The number of unbranched alkanes of at least 4 members (excludes halogenated alkanes) is 24. The predicted octanol–water partition coefficient (Wildman–Crippen LogP) is 16.9. The van der Waals surface area contributed by atoms with E-state index in [9.17, 15) is 28.9 Å². The molecule has 0 bridgehead atoms. The lowest BCUT2D eigenvalue weighted by Crippen LogP contribution is -2.30. The summed E-state index contributed by atoms with van der Waals surface area (Å²) in [6, 6.07) is 0. The summed E-state index contributed by atoms with van der Waals surface area (Å²) in [6.07, 6.45) is 60.0. The molecule has 0 aliphatic rings. The first-order valence-electron chi connectivity index (χ1n) is 28.8. The quantitative estimate of drug-likeness (QED) is 0.0197. The number of hydrogen-bond donors (Lipinski definition) is 2. The topological polar surface area (TPSA) is 155 Å². The Morgan fingerprint density at radius 3 is 1.14 bits per heavy atom. The molecule has 0 spiro atoms.